The Morgan fingerprint density at radius 3 is 2.61 bits per heavy atom. The first-order valence-corrected chi connectivity index (χ1v) is 8.93. The number of aromatic amines is 2. The highest BCUT2D eigenvalue weighted by Crippen LogP contribution is 2.31. The fourth-order valence-electron chi connectivity index (χ4n) is 3.04. The smallest absolute Gasteiger partial charge is 0.267 e. The molecule has 0 bridgehead atoms. The largest absolute Gasteiger partial charge is 0.497 e. The molecule has 1 amide bonds. The second kappa shape index (κ2) is 7.84. The van der Waals surface area contributed by atoms with Gasteiger partial charge < -0.3 is 15.0 Å². The van der Waals surface area contributed by atoms with Gasteiger partial charge in [0.25, 0.3) is 5.91 Å². The predicted molar refractivity (Wildman–Crippen MR) is 108 cm³/mol. The van der Waals surface area contributed by atoms with Crippen LogP contribution in [0.4, 0.5) is 0 Å². The Kier molecular flexibility index (Phi) is 4.93. The number of methoxy groups -OCH3 is 1. The van der Waals surface area contributed by atoms with Crippen LogP contribution in [0.15, 0.2) is 73.1 Å². The van der Waals surface area contributed by atoms with Crippen molar-refractivity contribution in [3.05, 3.63) is 84.3 Å². The number of amides is 1. The highest BCUT2D eigenvalue weighted by molar-refractivity contribution is 5.94. The van der Waals surface area contributed by atoms with Crippen molar-refractivity contribution in [1.82, 2.24) is 20.5 Å². The fraction of sp³-hybridized carbons (Fsp3) is 0.0909. The zero-order chi connectivity index (χ0) is 19.3. The summed E-state index contributed by atoms with van der Waals surface area (Å²) in [6.45, 7) is 0.481. The molecule has 2 heterocycles. The lowest BCUT2D eigenvalue weighted by Crippen LogP contribution is -2.22. The molecule has 0 saturated carbocycles. The Bertz CT molecular complexity index is 1070. The van der Waals surface area contributed by atoms with E-state index in [9.17, 15) is 4.79 Å². The van der Waals surface area contributed by atoms with Gasteiger partial charge in [0.15, 0.2) is 0 Å². The van der Waals surface area contributed by atoms with E-state index in [4.69, 9.17) is 4.74 Å². The number of ether oxygens (including phenoxy) is 1. The molecule has 6 nitrogen and oxygen atoms in total. The average Bonchev–Trinajstić information content (AvgIpc) is 3.42. The summed E-state index contributed by atoms with van der Waals surface area (Å²) in [6.07, 6.45) is 3.58. The van der Waals surface area contributed by atoms with Gasteiger partial charge in [0.2, 0.25) is 0 Å². The molecule has 0 saturated heterocycles. The summed E-state index contributed by atoms with van der Waals surface area (Å²) in [5, 5.41) is 10.1. The predicted octanol–water partition coefficient (Wildman–Crippen LogP) is 4.01. The Labute approximate surface area is 162 Å². The molecule has 0 aliphatic rings. The van der Waals surface area contributed by atoms with Crippen molar-refractivity contribution in [2.24, 2.45) is 0 Å². The summed E-state index contributed by atoms with van der Waals surface area (Å²) in [6, 6.07) is 19.4. The number of carbonyl (C=O) groups is 1. The third kappa shape index (κ3) is 3.66. The highest BCUT2D eigenvalue weighted by atomic mass is 16.5. The minimum atomic E-state index is -0.152. The van der Waals surface area contributed by atoms with Crippen molar-refractivity contribution in [3.63, 3.8) is 0 Å². The lowest BCUT2D eigenvalue weighted by molar-refractivity contribution is 0.0946. The molecule has 0 atom stereocenters. The first kappa shape index (κ1) is 17.6. The Morgan fingerprint density at radius 1 is 1.07 bits per heavy atom. The van der Waals surface area contributed by atoms with Crippen molar-refractivity contribution in [3.8, 4) is 28.1 Å². The SMILES string of the molecule is COc1ccc(-c2cn[nH]c2-c2c[nH]c(C(=O)NCc3ccccc3)c2)cc1. The van der Waals surface area contributed by atoms with Crippen molar-refractivity contribution < 1.29 is 9.53 Å². The van der Waals surface area contributed by atoms with Gasteiger partial charge in [0.1, 0.15) is 11.4 Å². The van der Waals surface area contributed by atoms with E-state index in [0.29, 0.717) is 12.2 Å². The van der Waals surface area contributed by atoms with Crippen molar-refractivity contribution in [1.29, 1.82) is 0 Å². The summed E-state index contributed by atoms with van der Waals surface area (Å²) in [5.41, 5.74) is 5.25. The van der Waals surface area contributed by atoms with E-state index >= 15 is 0 Å². The lowest BCUT2D eigenvalue weighted by atomic mass is 10.0. The number of hydrogen-bond acceptors (Lipinski definition) is 3. The fourth-order valence-corrected chi connectivity index (χ4v) is 3.04. The molecule has 4 rings (SSSR count). The number of hydrogen-bond donors (Lipinski definition) is 3. The van der Waals surface area contributed by atoms with Gasteiger partial charge in [-0.25, -0.2) is 0 Å². The summed E-state index contributed by atoms with van der Waals surface area (Å²) < 4.78 is 5.21. The van der Waals surface area contributed by atoms with Crippen LogP contribution in [0.2, 0.25) is 0 Å². The molecule has 0 spiro atoms. The zero-order valence-corrected chi connectivity index (χ0v) is 15.4. The Balaban J connectivity index is 1.51. The van der Waals surface area contributed by atoms with E-state index in [-0.39, 0.29) is 5.91 Å². The molecule has 0 unspecified atom stereocenters. The number of benzene rings is 2. The molecular formula is C22H20N4O2. The molecule has 0 aliphatic carbocycles. The van der Waals surface area contributed by atoms with E-state index in [0.717, 1.165) is 33.7 Å². The molecule has 2 aromatic carbocycles. The third-order valence-corrected chi connectivity index (χ3v) is 4.55. The van der Waals surface area contributed by atoms with Gasteiger partial charge in [-0.2, -0.15) is 5.10 Å². The Hall–Kier alpha value is -3.80. The molecule has 2 aromatic heterocycles. The number of carbonyl (C=O) groups excluding carboxylic acids is 1. The quantitative estimate of drug-likeness (QED) is 0.478. The van der Waals surface area contributed by atoms with Gasteiger partial charge in [-0.15, -0.1) is 0 Å². The normalized spacial score (nSPS) is 10.6. The maximum absolute atomic E-state index is 12.4. The van der Waals surface area contributed by atoms with E-state index in [1.54, 1.807) is 19.5 Å². The molecule has 6 heteroatoms. The molecule has 0 radical (unpaired) electrons. The van der Waals surface area contributed by atoms with Gasteiger partial charge in [-0.1, -0.05) is 42.5 Å². The van der Waals surface area contributed by atoms with E-state index in [1.165, 1.54) is 0 Å². The first-order valence-electron chi connectivity index (χ1n) is 8.93. The van der Waals surface area contributed by atoms with Crippen LogP contribution in [0.3, 0.4) is 0 Å². The van der Waals surface area contributed by atoms with E-state index in [2.05, 4.69) is 20.5 Å². The van der Waals surface area contributed by atoms with Gasteiger partial charge in [0, 0.05) is 23.9 Å². The van der Waals surface area contributed by atoms with Gasteiger partial charge in [-0.3, -0.25) is 9.89 Å². The number of nitrogens with one attached hydrogen (secondary N) is 3. The van der Waals surface area contributed by atoms with Crippen LogP contribution < -0.4 is 10.1 Å². The minimum absolute atomic E-state index is 0.152. The van der Waals surface area contributed by atoms with Crippen LogP contribution in [-0.2, 0) is 6.54 Å². The summed E-state index contributed by atoms with van der Waals surface area (Å²) in [5.74, 6) is 0.647. The van der Waals surface area contributed by atoms with Crippen LogP contribution in [0, 0.1) is 0 Å². The standard InChI is InChI=1S/C22H20N4O2/c1-28-18-9-7-16(8-10-18)19-14-25-26-21(19)17-11-20(23-13-17)22(27)24-12-15-5-3-2-4-6-15/h2-11,13-14,23H,12H2,1H3,(H,24,27)(H,25,26). The van der Waals surface area contributed by atoms with Crippen LogP contribution in [0.25, 0.3) is 22.4 Å². The summed E-state index contributed by atoms with van der Waals surface area (Å²) in [7, 11) is 1.64. The van der Waals surface area contributed by atoms with Crippen molar-refractivity contribution in [2.45, 2.75) is 6.54 Å². The second-order valence-corrected chi connectivity index (χ2v) is 6.36. The zero-order valence-electron chi connectivity index (χ0n) is 15.4. The van der Waals surface area contributed by atoms with E-state index < -0.39 is 0 Å². The van der Waals surface area contributed by atoms with Gasteiger partial charge in [0.05, 0.1) is 19.0 Å². The van der Waals surface area contributed by atoms with Crippen LogP contribution in [0.1, 0.15) is 16.1 Å². The minimum Gasteiger partial charge on any atom is -0.497 e. The van der Waals surface area contributed by atoms with E-state index in [1.807, 2.05) is 60.7 Å². The van der Waals surface area contributed by atoms with Gasteiger partial charge in [-0.05, 0) is 29.3 Å². The summed E-state index contributed by atoms with van der Waals surface area (Å²) >= 11 is 0. The first-order chi connectivity index (χ1) is 13.7. The third-order valence-electron chi connectivity index (χ3n) is 4.55. The molecule has 0 aliphatic heterocycles. The molecule has 3 N–H and O–H groups in total. The maximum Gasteiger partial charge on any atom is 0.267 e. The second-order valence-electron chi connectivity index (χ2n) is 6.36. The molecule has 28 heavy (non-hydrogen) atoms. The highest BCUT2D eigenvalue weighted by Gasteiger charge is 2.14. The molecule has 0 fully saturated rings. The monoisotopic (exact) mass is 372 g/mol. The van der Waals surface area contributed by atoms with Crippen LogP contribution in [-0.4, -0.2) is 28.2 Å². The molecule has 4 aromatic rings. The lowest BCUT2D eigenvalue weighted by Gasteiger charge is -2.04. The average molecular weight is 372 g/mol. The maximum atomic E-state index is 12.4. The van der Waals surface area contributed by atoms with Crippen molar-refractivity contribution >= 4 is 5.91 Å². The number of aromatic nitrogens is 3. The van der Waals surface area contributed by atoms with Crippen LogP contribution in [0.5, 0.6) is 5.75 Å². The number of H-pyrrole nitrogens is 2. The topological polar surface area (TPSA) is 82.8 Å². The number of nitrogens with zero attached hydrogens (tertiary/aromatic N) is 1. The van der Waals surface area contributed by atoms with Gasteiger partial charge >= 0.3 is 0 Å². The molecule has 140 valence electrons. The molecular weight excluding hydrogens is 352 g/mol. The number of rotatable bonds is 6. The summed E-state index contributed by atoms with van der Waals surface area (Å²) in [4.78, 5) is 15.5. The van der Waals surface area contributed by atoms with Crippen molar-refractivity contribution in [2.75, 3.05) is 7.11 Å². The van der Waals surface area contributed by atoms with Crippen LogP contribution >= 0.6 is 0 Å². The Morgan fingerprint density at radius 2 is 1.86 bits per heavy atom.